The van der Waals surface area contributed by atoms with E-state index in [9.17, 15) is 9.90 Å². The Morgan fingerprint density at radius 2 is 1.96 bits per heavy atom. The molecule has 1 aromatic rings. The predicted molar refractivity (Wildman–Crippen MR) is 97.6 cm³/mol. The molecule has 0 radical (unpaired) electrons. The first kappa shape index (κ1) is 16.8. The standard InChI is InChI=1S/C18H23N3O2S/c1-11-10-13(6-7-14(11)22)16-15(12(2)19-18(24)20-16)17(23)21-8-4-3-5-9-21/h6-7,10,16,22H,3-5,8-9H2,1-2H3,(H2,19,20,24). The molecule has 2 aliphatic heterocycles. The Morgan fingerprint density at radius 1 is 1.25 bits per heavy atom. The van der Waals surface area contributed by atoms with Crippen LogP contribution < -0.4 is 10.6 Å². The van der Waals surface area contributed by atoms with Gasteiger partial charge in [0.05, 0.1) is 11.6 Å². The molecule has 0 bridgehead atoms. The summed E-state index contributed by atoms with van der Waals surface area (Å²) in [4.78, 5) is 15.0. The first-order valence-electron chi connectivity index (χ1n) is 8.34. The second kappa shape index (κ2) is 6.81. The van der Waals surface area contributed by atoms with E-state index in [2.05, 4.69) is 10.6 Å². The number of aromatic hydroxyl groups is 1. The molecule has 5 nitrogen and oxygen atoms in total. The molecular weight excluding hydrogens is 322 g/mol. The van der Waals surface area contributed by atoms with E-state index < -0.39 is 0 Å². The molecule has 2 heterocycles. The number of phenols is 1. The van der Waals surface area contributed by atoms with E-state index in [0.717, 1.165) is 42.8 Å². The van der Waals surface area contributed by atoms with Crippen LogP contribution in [-0.4, -0.2) is 34.1 Å². The summed E-state index contributed by atoms with van der Waals surface area (Å²) in [6.45, 7) is 5.36. The number of nitrogens with zero attached hydrogens (tertiary/aromatic N) is 1. The number of allylic oxidation sites excluding steroid dienone is 1. The number of carbonyl (C=O) groups excluding carboxylic acids is 1. The quantitative estimate of drug-likeness (QED) is 0.719. The fourth-order valence-electron chi connectivity index (χ4n) is 3.35. The van der Waals surface area contributed by atoms with Crippen molar-refractivity contribution in [2.24, 2.45) is 0 Å². The molecule has 1 amide bonds. The van der Waals surface area contributed by atoms with Crippen LogP contribution in [0.5, 0.6) is 5.75 Å². The van der Waals surface area contributed by atoms with Crippen molar-refractivity contribution >= 4 is 23.2 Å². The zero-order chi connectivity index (χ0) is 17.3. The van der Waals surface area contributed by atoms with E-state index in [1.807, 2.05) is 30.9 Å². The van der Waals surface area contributed by atoms with E-state index in [1.165, 1.54) is 6.42 Å². The fraction of sp³-hybridized carbons (Fsp3) is 0.444. The number of thiocarbonyl (C=S) groups is 1. The lowest BCUT2D eigenvalue weighted by Gasteiger charge is -2.35. The van der Waals surface area contributed by atoms with Crippen LogP contribution in [0.1, 0.15) is 43.4 Å². The van der Waals surface area contributed by atoms with E-state index in [0.29, 0.717) is 10.7 Å². The summed E-state index contributed by atoms with van der Waals surface area (Å²) in [7, 11) is 0. The van der Waals surface area contributed by atoms with E-state index in [4.69, 9.17) is 12.2 Å². The minimum Gasteiger partial charge on any atom is -0.508 e. The second-order valence-electron chi connectivity index (χ2n) is 6.47. The molecule has 24 heavy (non-hydrogen) atoms. The Hall–Kier alpha value is -2.08. The third kappa shape index (κ3) is 3.24. The monoisotopic (exact) mass is 345 g/mol. The average Bonchev–Trinajstić information content (AvgIpc) is 2.57. The summed E-state index contributed by atoms with van der Waals surface area (Å²) in [5.41, 5.74) is 3.20. The summed E-state index contributed by atoms with van der Waals surface area (Å²) >= 11 is 5.28. The Balaban J connectivity index is 1.98. The smallest absolute Gasteiger partial charge is 0.253 e. The fourth-order valence-corrected chi connectivity index (χ4v) is 3.62. The highest BCUT2D eigenvalue weighted by atomic mass is 32.1. The number of piperidine rings is 1. The second-order valence-corrected chi connectivity index (χ2v) is 6.88. The van der Waals surface area contributed by atoms with Crippen molar-refractivity contribution in [2.45, 2.75) is 39.2 Å². The minimum atomic E-state index is -0.299. The SMILES string of the molecule is CC1=C(C(=O)N2CCCCC2)C(c2ccc(O)c(C)c2)NC(=S)N1. The number of carbonyl (C=O) groups is 1. The normalized spacial score (nSPS) is 21.3. The van der Waals surface area contributed by atoms with Gasteiger partial charge in [-0.3, -0.25) is 4.79 Å². The van der Waals surface area contributed by atoms with E-state index in [-0.39, 0.29) is 17.7 Å². The largest absolute Gasteiger partial charge is 0.508 e. The lowest BCUT2D eigenvalue weighted by Crippen LogP contribution is -2.48. The molecule has 0 spiro atoms. The summed E-state index contributed by atoms with van der Waals surface area (Å²) in [6, 6.07) is 5.10. The third-order valence-electron chi connectivity index (χ3n) is 4.70. The number of aryl methyl sites for hydroxylation is 1. The maximum absolute atomic E-state index is 13.1. The topological polar surface area (TPSA) is 64.6 Å². The molecule has 1 fully saturated rings. The van der Waals surface area contributed by atoms with Crippen molar-refractivity contribution < 1.29 is 9.90 Å². The molecule has 3 rings (SSSR count). The van der Waals surface area contributed by atoms with Crippen LogP contribution in [0.15, 0.2) is 29.5 Å². The van der Waals surface area contributed by atoms with Gasteiger partial charge in [-0.05, 0) is 68.6 Å². The summed E-state index contributed by atoms with van der Waals surface area (Å²) < 4.78 is 0. The summed E-state index contributed by atoms with van der Waals surface area (Å²) in [6.07, 6.45) is 3.30. The number of rotatable bonds is 2. The molecule has 1 unspecified atom stereocenters. The number of amides is 1. The summed E-state index contributed by atoms with van der Waals surface area (Å²) in [5, 5.41) is 16.6. The van der Waals surface area contributed by atoms with Gasteiger partial charge in [0.1, 0.15) is 5.75 Å². The van der Waals surface area contributed by atoms with Gasteiger partial charge in [-0.25, -0.2) is 0 Å². The van der Waals surface area contributed by atoms with Gasteiger partial charge in [-0.15, -0.1) is 0 Å². The molecule has 3 N–H and O–H groups in total. The number of nitrogens with one attached hydrogen (secondary N) is 2. The predicted octanol–water partition coefficient (Wildman–Crippen LogP) is 2.51. The van der Waals surface area contributed by atoms with Crippen molar-refractivity contribution in [1.82, 2.24) is 15.5 Å². The van der Waals surface area contributed by atoms with Crippen LogP contribution in [0.4, 0.5) is 0 Å². The number of hydrogen-bond acceptors (Lipinski definition) is 3. The molecule has 1 atom stereocenters. The highest BCUT2D eigenvalue weighted by Gasteiger charge is 2.33. The zero-order valence-corrected chi connectivity index (χ0v) is 14.9. The van der Waals surface area contributed by atoms with Crippen LogP contribution in [0.25, 0.3) is 0 Å². The molecule has 2 aliphatic rings. The van der Waals surface area contributed by atoms with Crippen LogP contribution in [0, 0.1) is 6.92 Å². The maximum Gasteiger partial charge on any atom is 0.253 e. The van der Waals surface area contributed by atoms with Gasteiger partial charge >= 0.3 is 0 Å². The Kier molecular flexibility index (Phi) is 4.76. The van der Waals surface area contributed by atoms with Gasteiger partial charge in [0.25, 0.3) is 5.91 Å². The van der Waals surface area contributed by atoms with Crippen molar-refractivity contribution in [2.75, 3.05) is 13.1 Å². The summed E-state index contributed by atoms with van der Waals surface area (Å²) in [5.74, 6) is 0.310. The van der Waals surface area contributed by atoms with Crippen molar-refractivity contribution in [1.29, 1.82) is 0 Å². The van der Waals surface area contributed by atoms with Gasteiger partial charge in [-0.2, -0.15) is 0 Å². The molecule has 0 aromatic heterocycles. The first-order chi connectivity index (χ1) is 11.5. The van der Waals surface area contributed by atoms with Gasteiger partial charge in [-0.1, -0.05) is 6.07 Å². The van der Waals surface area contributed by atoms with Crippen molar-refractivity contribution in [3.63, 3.8) is 0 Å². The highest BCUT2D eigenvalue weighted by molar-refractivity contribution is 7.80. The lowest BCUT2D eigenvalue weighted by atomic mass is 9.93. The lowest BCUT2D eigenvalue weighted by molar-refractivity contribution is -0.128. The van der Waals surface area contributed by atoms with Gasteiger partial charge in [0, 0.05) is 18.8 Å². The number of phenolic OH excluding ortho intramolecular Hbond substituents is 1. The van der Waals surface area contributed by atoms with Gasteiger partial charge in [0.15, 0.2) is 5.11 Å². The van der Waals surface area contributed by atoms with E-state index in [1.54, 1.807) is 6.07 Å². The van der Waals surface area contributed by atoms with Crippen molar-refractivity contribution in [3.8, 4) is 5.75 Å². The molecular formula is C18H23N3O2S. The van der Waals surface area contributed by atoms with Gasteiger partial charge < -0.3 is 20.6 Å². The van der Waals surface area contributed by atoms with Crippen LogP contribution in [0.3, 0.4) is 0 Å². The zero-order valence-electron chi connectivity index (χ0n) is 14.1. The van der Waals surface area contributed by atoms with Crippen LogP contribution in [-0.2, 0) is 4.79 Å². The average molecular weight is 345 g/mol. The van der Waals surface area contributed by atoms with Crippen LogP contribution in [0.2, 0.25) is 0 Å². The maximum atomic E-state index is 13.1. The Labute approximate surface area is 147 Å². The first-order valence-corrected chi connectivity index (χ1v) is 8.75. The molecule has 1 saturated heterocycles. The highest BCUT2D eigenvalue weighted by Crippen LogP contribution is 2.31. The third-order valence-corrected chi connectivity index (χ3v) is 4.92. The number of benzene rings is 1. The molecule has 128 valence electrons. The number of likely N-dealkylation sites (tertiary alicyclic amines) is 1. The van der Waals surface area contributed by atoms with E-state index >= 15 is 0 Å². The molecule has 0 saturated carbocycles. The van der Waals surface area contributed by atoms with Crippen LogP contribution >= 0.6 is 12.2 Å². The molecule has 1 aromatic carbocycles. The minimum absolute atomic E-state index is 0.0606. The Bertz CT molecular complexity index is 708. The number of hydrogen-bond donors (Lipinski definition) is 3. The van der Waals surface area contributed by atoms with Crippen molar-refractivity contribution in [3.05, 3.63) is 40.6 Å². The van der Waals surface area contributed by atoms with Gasteiger partial charge in [0.2, 0.25) is 0 Å². The Morgan fingerprint density at radius 3 is 2.62 bits per heavy atom. The molecule has 0 aliphatic carbocycles. The molecule has 6 heteroatoms.